The molecule has 228 valence electrons. The van der Waals surface area contributed by atoms with Crippen molar-refractivity contribution in [1.29, 1.82) is 5.41 Å². The second kappa shape index (κ2) is 22.2. The zero-order chi connectivity index (χ0) is 32.0. The lowest BCUT2D eigenvalue weighted by atomic mass is 9.63. The first kappa shape index (κ1) is 38.6. The molecule has 0 spiro atoms. The largest absolute Gasteiger partial charge is 0.300 e. The van der Waals surface area contributed by atoms with Crippen molar-refractivity contribution in [3.05, 3.63) is 138 Å². The van der Waals surface area contributed by atoms with Crippen molar-refractivity contribution in [3.8, 4) is 0 Å². The fourth-order valence-corrected chi connectivity index (χ4v) is 5.10. The molecule has 42 heavy (non-hydrogen) atoms. The smallest absolute Gasteiger partial charge is 0.0653 e. The van der Waals surface area contributed by atoms with E-state index < -0.39 is 0 Å². The standard InChI is InChI=1S/C24H29N.C11H18.C4H6.C2H6/c1-3-5-16-24(17-6-4-2)18-15-19-11-7-8-12-20(19)23(25)21-13-9-10-14-22(21)24;1-6-8-11(7-2)10(5)9(3)4;1-3-4-2;1-2/h5,7-13,15-16,18,22,25H,3-4,6,14,17H2,1-2H3;6,8H,3,7H2,1-2,4-5H3;3-4H,1-2H2;1-2H3/b16-5?,18-15-,25-23?;8-6-,11-10+;;. The first-order chi connectivity index (χ1) is 20.3. The van der Waals surface area contributed by atoms with Crippen LogP contribution in [0.15, 0.2) is 127 Å². The lowest BCUT2D eigenvalue weighted by molar-refractivity contribution is 0.314. The maximum Gasteiger partial charge on any atom is 0.0653 e. The van der Waals surface area contributed by atoms with Crippen LogP contribution in [0.25, 0.3) is 6.08 Å². The fourth-order valence-electron chi connectivity index (χ4n) is 5.10. The third-order valence-corrected chi connectivity index (χ3v) is 7.56. The highest BCUT2D eigenvalue weighted by atomic mass is 14.5. The summed E-state index contributed by atoms with van der Waals surface area (Å²) >= 11 is 0. The summed E-state index contributed by atoms with van der Waals surface area (Å²) in [5.74, 6) is 0.351. The summed E-state index contributed by atoms with van der Waals surface area (Å²) in [6.45, 7) is 27.5. The Balaban J connectivity index is 0.000000826. The van der Waals surface area contributed by atoms with Gasteiger partial charge >= 0.3 is 0 Å². The topological polar surface area (TPSA) is 23.9 Å². The molecule has 1 aromatic rings. The molecule has 2 atom stereocenters. The Hall–Kier alpha value is -3.45. The lowest BCUT2D eigenvalue weighted by Gasteiger charge is -2.40. The number of rotatable bonds is 9. The molecule has 3 rings (SSSR count). The molecule has 0 aliphatic heterocycles. The Kier molecular flexibility index (Phi) is 20.4. The Morgan fingerprint density at radius 1 is 1.07 bits per heavy atom. The van der Waals surface area contributed by atoms with E-state index in [2.05, 4.69) is 127 Å². The molecule has 0 amide bonds. The minimum atomic E-state index is 0.00243. The van der Waals surface area contributed by atoms with Gasteiger partial charge in [0.15, 0.2) is 0 Å². The summed E-state index contributed by atoms with van der Waals surface area (Å²) in [6.07, 6.45) is 30.2. The van der Waals surface area contributed by atoms with E-state index >= 15 is 0 Å². The van der Waals surface area contributed by atoms with Gasteiger partial charge in [-0.2, -0.15) is 0 Å². The first-order valence-electron chi connectivity index (χ1n) is 15.9. The molecule has 1 N–H and O–H groups in total. The van der Waals surface area contributed by atoms with Crippen LogP contribution >= 0.6 is 0 Å². The predicted octanol–water partition coefficient (Wildman–Crippen LogP) is 13.0. The van der Waals surface area contributed by atoms with Gasteiger partial charge in [-0.3, -0.25) is 5.41 Å². The molecule has 1 heteroatoms. The van der Waals surface area contributed by atoms with Gasteiger partial charge in [0.05, 0.1) is 5.71 Å². The van der Waals surface area contributed by atoms with Crippen LogP contribution in [0.4, 0.5) is 0 Å². The number of hydrogen-bond acceptors (Lipinski definition) is 1. The van der Waals surface area contributed by atoms with Gasteiger partial charge in [-0.05, 0) is 68.7 Å². The average molecular weight is 566 g/mol. The van der Waals surface area contributed by atoms with E-state index in [0.29, 0.717) is 11.6 Å². The number of benzene rings is 1. The molecule has 0 fully saturated rings. The zero-order valence-corrected chi connectivity index (χ0v) is 28.1. The molecule has 1 aromatic carbocycles. The Morgan fingerprint density at radius 2 is 1.74 bits per heavy atom. The molecular weight excluding hydrogens is 506 g/mol. The minimum absolute atomic E-state index is 0.00243. The number of unbranched alkanes of at least 4 members (excludes halogenated alkanes) is 1. The van der Waals surface area contributed by atoms with Crippen molar-refractivity contribution < 1.29 is 0 Å². The van der Waals surface area contributed by atoms with Crippen molar-refractivity contribution in [1.82, 2.24) is 0 Å². The Bertz CT molecular complexity index is 1170. The average Bonchev–Trinajstić information content (AvgIpc) is 3.03. The molecule has 0 aromatic heterocycles. The second-order valence-electron chi connectivity index (χ2n) is 10.4. The predicted molar refractivity (Wildman–Crippen MR) is 193 cm³/mol. The molecule has 2 aliphatic rings. The van der Waals surface area contributed by atoms with Gasteiger partial charge in [0.1, 0.15) is 0 Å². The van der Waals surface area contributed by atoms with Gasteiger partial charge in [-0.15, -0.1) is 0 Å². The van der Waals surface area contributed by atoms with Crippen molar-refractivity contribution in [2.75, 3.05) is 0 Å². The molecule has 0 bridgehead atoms. The van der Waals surface area contributed by atoms with Crippen LogP contribution in [0.3, 0.4) is 0 Å². The molecule has 1 nitrogen and oxygen atoms in total. The monoisotopic (exact) mass is 565 g/mol. The van der Waals surface area contributed by atoms with Crippen LogP contribution in [0, 0.1) is 16.7 Å². The summed E-state index contributed by atoms with van der Waals surface area (Å²) < 4.78 is 0. The number of hydrogen-bond donors (Lipinski definition) is 1. The molecule has 2 aliphatic carbocycles. The Labute approximate surface area is 260 Å². The van der Waals surface area contributed by atoms with Gasteiger partial charge < -0.3 is 0 Å². The highest BCUT2D eigenvalue weighted by Gasteiger charge is 2.38. The SMILES string of the molecule is C=C(C)/C(C)=C(/C=C\C)CC.C=CC=C.CC.CCC=CC1(CCCC)/C=C\c2ccccc2C(=N)C2=CC=CCC21. The van der Waals surface area contributed by atoms with Crippen LogP contribution in [0.2, 0.25) is 0 Å². The minimum Gasteiger partial charge on any atom is -0.300 e. The third-order valence-electron chi connectivity index (χ3n) is 7.56. The second-order valence-corrected chi connectivity index (χ2v) is 10.4. The summed E-state index contributed by atoms with van der Waals surface area (Å²) in [5.41, 5.74) is 7.98. The lowest BCUT2D eigenvalue weighted by Crippen LogP contribution is -2.33. The maximum atomic E-state index is 8.90. The highest BCUT2D eigenvalue weighted by molar-refractivity contribution is 6.13. The van der Waals surface area contributed by atoms with Gasteiger partial charge in [0.25, 0.3) is 0 Å². The first-order valence-corrected chi connectivity index (χ1v) is 15.9. The van der Waals surface area contributed by atoms with Crippen molar-refractivity contribution in [2.45, 2.75) is 93.9 Å². The molecule has 0 heterocycles. The normalized spacial score (nSPS) is 20.0. The van der Waals surface area contributed by atoms with Crippen LogP contribution < -0.4 is 0 Å². The van der Waals surface area contributed by atoms with E-state index in [1.165, 1.54) is 35.1 Å². The van der Waals surface area contributed by atoms with Crippen LogP contribution in [0.1, 0.15) is 105 Å². The summed E-state index contributed by atoms with van der Waals surface area (Å²) in [6, 6.07) is 8.33. The molecular formula is C41H59N. The Morgan fingerprint density at radius 3 is 2.29 bits per heavy atom. The van der Waals surface area contributed by atoms with E-state index in [1.807, 2.05) is 26.8 Å². The number of nitrogens with one attached hydrogen (secondary N) is 1. The zero-order valence-electron chi connectivity index (χ0n) is 28.1. The summed E-state index contributed by atoms with van der Waals surface area (Å²) in [5, 5.41) is 8.90. The van der Waals surface area contributed by atoms with Crippen molar-refractivity contribution in [2.24, 2.45) is 11.3 Å². The van der Waals surface area contributed by atoms with Crippen LogP contribution in [0.5, 0.6) is 0 Å². The highest BCUT2D eigenvalue weighted by Crippen LogP contribution is 2.47. The number of allylic oxidation sites excluding steroid dienone is 14. The summed E-state index contributed by atoms with van der Waals surface area (Å²) in [4.78, 5) is 0. The van der Waals surface area contributed by atoms with Crippen molar-refractivity contribution in [3.63, 3.8) is 0 Å². The van der Waals surface area contributed by atoms with E-state index in [1.54, 1.807) is 12.2 Å². The van der Waals surface area contributed by atoms with Gasteiger partial charge in [-0.25, -0.2) is 0 Å². The van der Waals surface area contributed by atoms with E-state index in [4.69, 9.17) is 5.41 Å². The van der Waals surface area contributed by atoms with Gasteiger partial charge in [0.2, 0.25) is 0 Å². The third kappa shape index (κ3) is 11.8. The summed E-state index contributed by atoms with van der Waals surface area (Å²) in [7, 11) is 0. The fraction of sp³-hybridized carbons (Fsp3) is 0.390. The van der Waals surface area contributed by atoms with Crippen molar-refractivity contribution >= 4 is 11.8 Å². The molecule has 0 saturated carbocycles. The van der Waals surface area contributed by atoms with E-state index in [-0.39, 0.29) is 5.41 Å². The quantitative estimate of drug-likeness (QED) is 0.227. The van der Waals surface area contributed by atoms with Gasteiger partial charge in [0, 0.05) is 16.9 Å². The number of fused-ring (bicyclic) bond motifs is 2. The molecule has 2 unspecified atom stereocenters. The molecule has 0 saturated heterocycles. The maximum absolute atomic E-state index is 8.90. The molecule has 0 radical (unpaired) electrons. The van der Waals surface area contributed by atoms with E-state index in [9.17, 15) is 0 Å². The van der Waals surface area contributed by atoms with Crippen LogP contribution in [-0.4, -0.2) is 5.71 Å². The van der Waals surface area contributed by atoms with Crippen LogP contribution in [-0.2, 0) is 0 Å². The van der Waals surface area contributed by atoms with Gasteiger partial charge in [-0.1, -0.05) is 164 Å². The van der Waals surface area contributed by atoms with E-state index in [0.717, 1.165) is 36.8 Å².